The van der Waals surface area contributed by atoms with Crippen LogP contribution in [0.4, 0.5) is 0 Å². The number of carbonyl (C=O) groups is 1. The molecule has 3 aromatic rings. The molecule has 26 heavy (non-hydrogen) atoms. The number of pyridine rings is 1. The maximum atomic E-state index is 11.3. The molecule has 0 fully saturated rings. The number of hydrogen-bond donors (Lipinski definition) is 3. The summed E-state index contributed by atoms with van der Waals surface area (Å²) in [5.74, 6) is -0.808. The summed E-state index contributed by atoms with van der Waals surface area (Å²) in [6.45, 7) is 3.32. The van der Waals surface area contributed by atoms with Gasteiger partial charge in [0, 0.05) is 23.5 Å². The molecule has 8 nitrogen and oxygen atoms in total. The first-order valence-corrected chi connectivity index (χ1v) is 7.74. The Morgan fingerprint density at radius 3 is 2.69 bits per heavy atom. The van der Waals surface area contributed by atoms with Gasteiger partial charge in [-0.2, -0.15) is 5.26 Å². The van der Waals surface area contributed by atoms with Gasteiger partial charge in [-0.05, 0) is 32.1 Å². The van der Waals surface area contributed by atoms with E-state index in [4.69, 9.17) is 11.0 Å². The van der Waals surface area contributed by atoms with Gasteiger partial charge in [0.05, 0.1) is 17.6 Å². The Bertz CT molecular complexity index is 1050. The lowest BCUT2D eigenvalue weighted by molar-refractivity contribution is -0.114. The zero-order valence-electron chi connectivity index (χ0n) is 14.2. The zero-order valence-corrected chi connectivity index (χ0v) is 14.2. The van der Waals surface area contributed by atoms with Crippen molar-refractivity contribution in [3.05, 3.63) is 47.6 Å². The van der Waals surface area contributed by atoms with Gasteiger partial charge in [0.25, 0.3) is 5.91 Å². The van der Waals surface area contributed by atoms with Crippen molar-refractivity contribution < 1.29 is 9.90 Å². The predicted molar refractivity (Wildman–Crippen MR) is 95.1 cm³/mol. The summed E-state index contributed by atoms with van der Waals surface area (Å²) in [5, 5.41) is 19.0. The normalized spacial score (nSPS) is 12.2. The number of nitrogens with zero attached hydrogens (tertiary/aromatic N) is 4. The van der Waals surface area contributed by atoms with Crippen LogP contribution < -0.4 is 5.73 Å². The number of H-pyrrole nitrogens is 1. The van der Waals surface area contributed by atoms with Crippen molar-refractivity contribution in [3.63, 3.8) is 0 Å². The molecule has 4 N–H and O–H groups in total. The Morgan fingerprint density at radius 2 is 2.12 bits per heavy atom. The first kappa shape index (κ1) is 17.3. The lowest BCUT2D eigenvalue weighted by Crippen LogP contribution is -2.17. The predicted octanol–water partition coefficient (Wildman–Crippen LogP) is 1.64. The van der Waals surface area contributed by atoms with Gasteiger partial charge in [-0.1, -0.05) is 0 Å². The van der Waals surface area contributed by atoms with Crippen molar-refractivity contribution in [2.45, 2.75) is 19.4 Å². The van der Waals surface area contributed by atoms with Crippen molar-refractivity contribution in [3.8, 4) is 17.3 Å². The van der Waals surface area contributed by atoms with Crippen LogP contribution in [0.15, 0.2) is 36.3 Å². The number of aromatic amines is 1. The second-order valence-corrected chi connectivity index (χ2v) is 6.22. The average Bonchev–Trinajstić information content (AvgIpc) is 3.00. The van der Waals surface area contributed by atoms with Crippen LogP contribution >= 0.6 is 0 Å². The summed E-state index contributed by atoms with van der Waals surface area (Å²) in [4.78, 5) is 27.3. The summed E-state index contributed by atoms with van der Waals surface area (Å²) in [7, 11) is 0. The highest BCUT2D eigenvalue weighted by Gasteiger charge is 2.17. The van der Waals surface area contributed by atoms with E-state index in [0.717, 1.165) is 5.56 Å². The molecule has 1 amide bonds. The van der Waals surface area contributed by atoms with Crippen molar-refractivity contribution >= 4 is 23.1 Å². The van der Waals surface area contributed by atoms with Crippen LogP contribution in [0, 0.1) is 11.3 Å². The maximum absolute atomic E-state index is 11.3. The monoisotopic (exact) mass is 348 g/mol. The highest BCUT2D eigenvalue weighted by Crippen LogP contribution is 2.24. The smallest absolute Gasteiger partial charge is 0.259 e. The molecule has 3 heterocycles. The van der Waals surface area contributed by atoms with E-state index in [0.29, 0.717) is 28.1 Å². The van der Waals surface area contributed by atoms with Gasteiger partial charge in [-0.25, -0.2) is 9.97 Å². The van der Waals surface area contributed by atoms with Crippen LogP contribution in [-0.2, 0) is 10.4 Å². The number of nitrogens with one attached hydrogen (secondary N) is 1. The number of amides is 1. The molecule has 130 valence electrons. The minimum atomic E-state index is -1.03. The van der Waals surface area contributed by atoms with Gasteiger partial charge in [-0.3, -0.25) is 9.78 Å². The molecule has 0 atom stereocenters. The molecule has 0 spiro atoms. The number of hydrogen-bond acceptors (Lipinski definition) is 6. The molecule has 0 aliphatic heterocycles. The minimum Gasteiger partial charge on any atom is -0.384 e. The molecule has 0 bridgehead atoms. The fourth-order valence-electron chi connectivity index (χ4n) is 2.38. The van der Waals surface area contributed by atoms with Crippen molar-refractivity contribution in [1.82, 2.24) is 19.9 Å². The van der Waals surface area contributed by atoms with Gasteiger partial charge in [-0.15, -0.1) is 0 Å². The van der Waals surface area contributed by atoms with Crippen molar-refractivity contribution in [1.29, 1.82) is 5.26 Å². The van der Waals surface area contributed by atoms with E-state index >= 15 is 0 Å². The van der Waals surface area contributed by atoms with Crippen molar-refractivity contribution in [2.24, 2.45) is 5.73 Å². The van der Waals surface area contributed by atoms with Crippen molar-refractivity contribution in [2.75, 3.05) is 0 Å². The van der Waals surface area contributed by atoms with Gasteiger partial charge >= 0.3 is 0 Å². The molecule has 0 saturated heterocycles. The van der Waals surface area contributed by atoms with E-state index in [-0.39, 0.29) is 5.57 Å². The molecular weight excluding hydrogens is 332 g/mol. The van der Waals surface area contributed by atoms with E-state index < -0.39 is 11.5 Å². The molecule has 0 unspecified atom stereocenters. The number of primary amides is 1. The van der Waals surface area contributed by atoms with Gasteiger partial charge in [0.2, 0.25) is 0 Å². The third-order valence-corrected chi connectivity index (χ3v) is 3.78. The molecule has 3 rings (SSSR count). The standard InChI is InChI=1S/C18H16N6O2/c1-18(2,26)14-4-3-10(7-21-14)13-9-23-17-15(24-13)12(8-22-17)5-11(6-19)16(20)25/h3-5,7-9,26H,1-2H3,(H2,20,25)(H,22,23). The largest absolute Gasteiger partial charge is 0.384 e. The van der Waals surface area contributed by atoms with Crippen LogP contribution in [-0.4, -0.2) is 30.9 Å². The number of carbonyl (C=O) groups excluding carboxylic acids is 1. The molecule has 0 aliphatic rings. The van der Waals surface area contributed by atoms with E-state index in [2.05, 4.69) is 19.9 Å². The second-order valence-electron chi connectivity index (χ2n) is 6.22. The lowest BCUT2D eigenvalue weighted by Gasteiger charge is -2.16. The number of aromatic nitrogens is 4. The fraction of sp³-hybridized carbons (Fsp3) is 0.167. The van der Waals surface area contributed by atoms with Gasteiger partial charge < -0.3 is 15.8 Å². The van der Waals surface area contributed by atoms with Gasteiger partial charge in [0.15, 0.2) is 5.65 Å². The molecular formula is C18H16N6O2. The topological polar surface area (TPSA) is 142 Å². The van der Waals surface area contributed by atoms with Crippen LogP contribution in [0.3, 0.4) is 0 Å². The Morgan fingerprint density at radius 1 is 1.35 bits per heavy atom. The third-order valence-electron chi connectivity index (χ3n) is 3.78. The SMILES string of the molecule is CC(C)(O)c1ccc(-c2cnc3[nH]cc(C=C(C#N)C(N)=O)c3n2)cn1. The van der Waals surface area contributed by atoms with Crippen LogP contribution in [0.2, 0.25) is 0 Å². The second kappa shape index (κ2) is 6.38. The first-order valence-electron chi connectivity index (χ1n) is 7.74. The molecule has 0 saturated carbocycles. The van der Waals surface area contributed by atoms with Crippen LogP contribution in [0.5, 0.6) is 0 Å². The lowest BCUT2D eigenvalue weighted by atomic mass is 10.0. The molecule has 0 aliphatic carbocycles. The summed E-state index contributed by atoms with van der Waals surface area (Å²) in [6, 6.07) is 5.28. The average molecular weight is 348 g/mol. The van der Waals surface area contributed by atoms with Crippen LogP contribution in [0.25, 0.3) is 28.5 Å². The Labute approximate surface area is 149 Å². The number of rotatable bonds is 4. The first-order chi connectivity index (χ1) is 12.3. The summed E-state index contributed by atoms with van der Waals surface area (Å²) in [6.07, 6.45) is 6.17. The quantitative estimate of drug-likeness (QED) is 0.483. The minimum absolute atomic E-state index is 0.172. The number of fused-ring (bicyclic) bond motifs is 1. The summed E-state index contributed by atoms with van der Waals surface area (Å²) < 4.78 is 0. The van der Waals surface area contributed by atoms with E-state index in [1.165, 1.54) is 6.08 Å². The Balaban J connectivity index is 2.06. The number of nitriles is 1. The maximum Gasteiger partial charge on any atom is 0.259 e. The highest BCUT2D eigenvalue weighted by molar-refractivity contribution is 6.02. The summed E-state index contributed by atoms with van der Waals surface area (Å²) in [5.41, 5.74) is 7.35. The highest BCUT2D eigenvalue weighted by atomic mass is 16.3. The van der Waals surface area contributed by atoms with Crippen LogP contribution in [0.1, 0.15) is 25.1 Å². The van der Waals surface area contributed by atoms with Gasteiger partial charge in [0.1, 0.15) is 22.8 Å². The molecule has 0 radical (unpaired) electrons. The summed E-state index contributed by atoms with van der Waals surface area (Å²) >= 11 is 0. The Hall–Kier alpha value is -3.57. The molecule has 3 aromatic heterocycles. The van der Waals surface area contributed by atoms with E-state index in [9.17, 15) is 9.90 Å². The molecule has 8 heteroatoms. The zero-order chi connectivity index (χ0) is 18.9. The van der Waals surface area contributed by atoms with E-state index in [1.807, 2.05) is 0 Å². The number of aliphatic hydroxyl groups is 1. The Kier molecular flexibility index (Phi) is 4.24. The number of nitrogens with two attached hydrogens (primary N) is 1. The fourth-order valence-corrected chi connectivity index (χ4v) is 2.38. The molecule has 0 aromatic carbocycles. The van der Waals surface area contributed by atoms with E-state index in [1.54, 1.807) is 50.6 Å². The third kappa shape index (κ3) is 3.29.